The first-order valence-corrected chi connectivity index (χ1v) is 12.9. The average molecular weight is 511 g/mol. The molecule has 3 heterocycles. The highest BCUT2D eigenvalue weighted by Gasteiger charge is 2.36. The summed E-state index contributed by atoms with van der Waals surface area (Å²) < 4.78 is 13.1. The topological polar surface area (TPSA) is 91.6 Å². The first kappa shape index (κ1) is 26.7. The van der Waals surface area contributed by atoms with Crippen LogP contribution in [0.5, 0.6) is 5.75 Å². The van der Waals surface area contributed by atoms with Crippen molar-refractivity contribution in [3.63, 3.8) is 0 Å². The molecular formula is C27H38N6O4. The largest absolute Gasteiger partial charge is 0.496 e. The summed E-state index contributed by atoms with van der Waals surface area (Å²) in [7, 11) is 3.59. The summed E-state index contributed by atoms with van der Waals surface area (Å²) in [6.07, 6.45) is 2.51. The first-order valence-electron chi connectivity index (χ1n) is 12.9. The number of hydrogen-bond acceptors (Lipinski definition) is 6. The van der Waals surface area contributed by atoms with Crippen LogP contribution in [0.2, 0.25) is 0 Å². The zero-order valence-electron chi connectivity index (χ0n) is 22.2. The molecule has 4 rings (SSSR count). The summed E-state index contributed by atoms with van der Waals surface area (Å²) in [4.78, 5) is 30.7. The Balaban J connectivity index is 1.58. The number of aromatic nitrogens is 1. The summed E-state index contributed by atoms with van der Waals surface area (Å²) in [6, 6.07) is 11.0. The van der Waals surface area contributed by atoms with Gasteiger partial charge in [0.05, 0.1) is 37.8 Å². The number of ether oxygens (including phenoxy) is 2. The molecule has 2 aliphatic rings. The van der Waals surface area contributed by atoms with E-state index in [0.717, 1.165) is 30.1 Å². The predicted octanol–water partition coefficient (Wildman–Crippen LogP) is 2.46. The number of nitrogens with zero attached hydrogens (tertiary/aromatic N) is 5. The van der Waals surface area contributed by atoms with Gasteiger partial charge in [-0.15, -0.1) is 0 Å². The van der Waals surface area contributed by atoms with Crippen LogP contribution < -0.4 is 10.1 Å². The molecule has 0 unspecified atom stereocenters. The molecule has 1 fully saturated rings. The van der Waals surface area contributed by atoms with Crippen LogP contribution in [0.15, 0.2) is 47.7 Å². The number of carbonyl (C=O) groups excluding carboxylic acids is 2. The third-order valence-electron chi connectivity index (χ3n) is 6.72. The molecule has 0 bridgehead atoms. The second-order valence-corrected chi connectivity index (χ2v) is 9.73. The number of nitrogens with one attached hydrogen (secondary N) is 1. The van der Waals surface area contributed by atoms with Gasteiger partial charge in [0.2, 0.25) is 0 Å². The fraction of sp³-hybridized carbons (Fsp3) is 0.519. The Morgan fingerprint density at radius 2 is 1.95 bits per heavy atom. The fourth-order valence-corrected chi connectivity index (χ4v) is 4.75. The van der Waals surface area contributed by atoms with E-state index in [0.29, 0.717) is 38.5 Å². The maximum absolute atomic E-state index is 13.8. The van der Waals surface area contributed by atoms with Crippen LogP contribution in [0.1, 0.15) is 37.6 Å². The number of morpholine rings is 1. The predicted molar refractivity (Wildman–Crippen MR) is 142 cm³/mol. The summed E-state index contributed by atoms with van der Waals surface area (Å²) >= 11 is 0. The van der Waals surface area contributed by atoms with Gasteiger partial charge in [-0.1, -0.05) is 18.2 Å². The molecule has 1 aromatic carbocycles. The van der Waals surface area contributed by atoms with Crippen LogP contribution in [-0.2, 0) is 16.6 Å². The van der Waals surface area contributed by atoms with Crippen molar-refractivity contribution in [3.05, 3.63) is 53.9 Å². The van der Waals surface area contributed by atoms with E-state index in [1.54, 1.807) is 12.0 Å². The number of urea groups is 1. The monoisotopic (exact) mass is 510 g/mol. The second-order valence-electron chi connectivity index (χ2n) is 9.73. The molecule has 10 heteroatoms. The molecular weight excluding hydrogens is 472 g/mol. The molecule has 1 aromatic heterocycles. The van der Waals surface area contributed by atoms with Crippen LogP contribution in [0.25, 0.3) is 0 Å². The van der Waals surface area contributed by atoms with Gasteiger partial charge in [0.15, 0.2) is 0 Å². The van der Waals surface area contributed by atoms with Crippen molar-refractivity contribution in [1.29, 1.82) is 0 Å². The van der Waals surface area contributed by atoms with E-state index in [2.05, 4.69) is 10.2 Å². The van der Waals surface area contributed by atoms with Gasteiger partial charge in [0.1, 0.15) is 12.3 Å². The average Bonchev–Trinajstić information content (AvgIpc) is 3.52. The number of carbonyl (C=O) groups is 2. The first-order chi connectivity index (χ1) is 17.9. The molecule has 1 saturated heterocycles. The van der Waals surface area contributed by atoms with Gasteiger partial charge in [0.25, 0.3) is 5.91 Å². The van der Waals surface area contributed by atoms with E-state index in [4.69, 9.17) is 14.6 Å². The van der Waals surface area contributed by atoms with E-state index in [9.17, 15) is 9.59 Å². The zero-order chi connectivity index (χ0) is 26.4. The molecule has 0 spiro atoms. The molecule has 0 aliphatic carbocycles. The molecule has 10 nitrogen and oxygen atoms in total. The van der Waals surface area contributed by atoms with Crippen LogP contribution in [-0.4, -0.2) is 96.1 Å². The van der Waals surface area contributed by atoms with E-state index in [1.807, 2.05) is 68.1 Å². The Bertz CT molecular complexity index is 1110. The maximum atomic E-state index is 13.8. The van der Waals surface area contributed by atoms with Crippen molar-refractivity contribution in [2.24, 2.45) is 12.1 Å². The number of aryl methyl sites for hydroxylation is 1. The quantitative estimate of drug-likeness (QED) is 0.560. The standard InChI is InChI=1S/C27H38N6O4/c1-20(2)28-27(35)32(13-12-31-14-16-37-17-15-31)19-26(34)33-24(21-8-5-6-10-25(21)36-4)18-22(29-33)23-9-7-11-30(23)3/h5-11,20,24H,12-19H2,1-4H3,(H,28,35)/t24-/m1/s1. The lowest BCUT2D eigenvalue weighted by molar-refractivity contribution is -0.133. The third-order valence-corrected chi connectivity index (χ3v) is 6.72. The zero-order valence-corrected chi connectivity index (χ0v) is 22.2. The van der Waals surface area contributed by atoms with Gasteiger partial charge in [-0.05, 0) is 32.0 Å². The Hall–Kier alpha value is -3.37. The number of amides is 3. The highest BCUT2D eigenvalue weighted by molar-refractivity contribution is 6.02. The number of benzene rings is 1. The fourth-order valence-electron chi connectivity index (χ4n) is 4.75. The normalized spacial score (nSPS) is 18.1. The van der Waals surface area contributed by atoms with Crippen LogP contribution >= 0.6 is 0 Å². The van der Waals surface area contributed by atoms with Gasteiger partial charge in [-0.25, -0.2) is 9.80 Å². The highest BCUT2D eigenvalue weighted by Crippen LogP contribution is 2.37. The molecule has 0 saturated carbocycles. The van der Waals surface area contributed by atoms with Crippen molar-refractivity contribution in [1.82, 2.24) is 24.7 Å². The lowest BCUT2D eigenvalue weighted by Gasteiger charge is -2.31. The van der Waals surface area contributed by atoms with Gasteiger partial charge in [-0.3, -0.25) is 9.69 Å². The van der Waals surface area contributed by atoms with Crippen molar-refractivity contribution < 1.29 is 19.1 Å². The minimum Gasteiger partial charge on any atom is -0.496 e. The van der Waals surface area contributed by atoms with E-state index in [1.165, 1.54) is 5.01 Å². The number of rotatable bonds is 9. The summed E-state index contributed by atoms with van der Waals surface area (Å²) in [6.45, 7) is 7.87. The highest BCUT2D eigenvalue weighted by atomic mass is 16.5. The van der Waals surface area contributed by atoms with Crippen LogP contribution in [0.4, 0.5) is 4.79 Å². The molecule has 2 aromatic rings. The van der Waals surface area contributed by atoms with Crippen LogP contribution in [0.3, 0.4) is 0 Å². The van der Waals surface area contributed by atoms with Crippen LogP contribution in [0, 0.1) is 0 Å². The van der Waals surface area contributed by atoms with Gasteiger partial charge in [0, 0.05) is 57.4 Å². The molecule has 37 heavy (non-hydrogen) atoms. The summed E-state index contributed by atoms with van der Waals surface area (Å²) in [5, 5.41) is 9.26. The molecule has 200 valence electrons. The van der Waals surface area contributed by atoms with E-state index in [-0.39, 0.29) is 30.6 Å². The number of hydrogen-bond donors (Lipinski definition) is 1. The lowest BCUT2D eigenvalue weighted by atomic mass is 9.99. The SMILES string of the molecule is COc1ccccc1[C@H]1CC(c2cccn2C)=NN1C(=O)CN(CCN1CCOCC1)C(=O)NC(C)C. The Morgan fingerprint density at radius 3 is 2.62 bits per heavy atom. The Labute approximate surface area is 218 Å². The molecule has 2 aliphatic heterocycles. The van der Waals surface area contributed by atoms with E-state index >= 15 is 0 Å². The van der Waals surface area contributed by atoms with Crippen molar-refractivity contribution in [3.8, 4) is 5.75 Å². The maximum Gasteiger partial charge on any atom is 0.318 e. The number of hydrazone groups is 1. The molecule has 3 amide bonds. The van der Waals surface area contributed by atoms with Gasteiger partial charge >= 0.3 is 6.03 Å². The smallest absolute Gasteiger partial charge is 0.318 e. The Morgan fingerprint density at radius 1 is 1.19 bits per heavy atom. The van der Waals surface area contributed by atoms with E-state index < -0.39 is 0 Å². The molecule has 1 atom stereocenters. The van der Waals surface area contributed by atoms with Crippen molar-refractivity contribution in [2.75, 3.05) is 53.0 Å². The van der Waals surface area contributed by atoms with Crippen molar-refractivity contribution >= 4 is 17.6 Å². The van der Waals surface area contributed by atoms with Gasteiger partial charge < -0.3 is 24.3 Å². The van der Waals surface area contributed by atoms with Crippen molar-refractivity contribution in [2.45, 2.75) is 32.4 Å². The lowest BCUT2D eigenvalue weighted by Crippen LogP contribution is -2.50. The summed E-state index contributed by atoms with van der Waals surface area (Å²) in [5.74, 6) is 0.469. The number of methoxy groups -OCH3 is 1. The number of para-hydroxylation sites is 1. The Kier molecular flexibility index (Phi) is 8.83. The molecule has 0 radical (unpaired) electrons. The third kappa shape index (κ3) is 6.50. The minimum absolute atomic E-state index is 0.0384. The second kappa shape index (κ2) is 12.2. The van der Waals surface area contributed by atoms with Gasteiger partial charge in [-0.2, -0.15) is 5.10 Å². The molecule has 1 N–H and O–H groups in total. The summed E-state index contributed by atoms with van der Waals surface area (Å²) in [5.41, 5.74) is 2.66. The minimum atomic E-state index is -0.331.